The van der Waals surface area contributed by atoms with E-state index in [1.54, 1.807) is 6.07 Å². The first-order chi connectivity index (χ1) is 7.59. The highest BCUT2D eigenvalue weighted by Gasteiger charge is 2.16. The predicted octanol–water partition coefficient (Wildman–Crippen LogP) is 0.386. The Hall–Kier alpha value is -2.44. The lowest BCUT2D eigenvalue weighted by Crippen LogP contribution is -2.15. The molecule has 82 valence electrons. The number of fused-ring (bicyclic) bond motifs is 1. The second kappa shape index (κ2) is 3.61. The number of aromatic nitrogens is 3. The van der Waals surface area contributed by atoms with Crippen molar-refractivity contribution in [3.8, 4) is 0 Å². The molecule has 0 saturated carbocycles. The van der Waals surface area contributed by atoms with E-state index in [0.29, 0.717) is 5.65 Å². The number of carbonyl (C=O) groups is 2. The molecule has 0 aliphatic carbocycles. The van der Waals surface area contributed by atoms with Crippen LogP contribution in [0.3, 0.4) is 0 Å². The Bertz CT molecular complexity index is 575. The zero-order valence-electron chi connectivity index (χ0n) is 8.34. The van der Waals surface area contributed by atoms with Gasteiger partial charge in [-0.3, -0.25) is 4.79 Å². The molecule has 0 saturated heterocycles. The standard InChI is InChI=1S/C9H8N4O3/c1-5(14)12-8-6(9(15)16)4-10-7-2-3-11-13(7)8/h2-4H,1H3,(H,12,14)(H,15,16). The van der Waals surface area contributed by atoms with Gasteiger partial charge in [0.15, 0.2) is 11.5 Å². The van der Waals surface area contributed by atoms with E-state index in [2.05, 4.69) is 15.4 Å². The van der Waals surface area contributed by atoms with Crippen molar-refractivity contribution in [3.63, 3.8) is 0 Å². The number of carboxylic acid groups (broad SMARTS) is 1. The maximum atomic E-state index is 11.0. The highest BCUT2D eigenvalue weighted by atomic mass is 16.4. The largest absolute Gasteiger partial charge is 0.477 e. The van der Waals surface area contributed by atoms with E-state index in [4.69, 9.17) is 5.11 Å². The summed E-state index contributed by atoms with van der Waals surface area (Å²) in [7, 11) is 0. The Balaban J connectivity index is 2.70. The minimum absolute atomic E-state index is 0.105. The highest BCUT2D eigenvalue weighted by molar-refractivity contribution is 5.98. The third kappa shape index (κ3) is 1.58. The van der Waals surface area contributed by atoms with Crippen LogP contribution < -0.4 is 5.32 Å². The number of hydrogen-bond donors (Lipinski definition) is 2. The molecule has 2 rings (SSSR count). The van der Waals surface area contributed by atoms with E-state index in [1.165, 1.54) is 23.8 Å². The van der Waals surface area contributed by atoms with Crippen molar-refractivity contribution in [3.05, 3.63) is 24.0 Å². The second-order valence-corrected chi connectivity index (χ2v) is 3.11. The number of amides is 1. The Labute approximate surface area is 89.7 Å². The summed E-state index contributed by atoms with van der Waals surface area (Å²) in [6.45, 7) is 1.29. The second-order valence-electron chi connectivity index (χ2n) is 3.11. The first kappa shape index (κ1) is 10.1. The third-order valence-corrected chi connectivity index (χ3v) is 1.94. The van der Waals surface area contributed by atoms with Crippen molar-refractivity contribution in [1.29, 1.82) is 0 Å². The van der Waals surface area contributed by atoms with Crippen molar-refractivity contribution < 1.29 is 14.7 Å². The summed E-state index contributed by atoms with van der Waals surface area (Å²) in [6.07, 6.45) is 2.66. The smallest absolute Gasteiger partial charge is 0.341 e. The molecule has 0 unspecified atom stereocenters. The van der Waals surface area contributed by atoms with Gasteiger partial charge in [0.2, 0.25) is 5.91 Å². The number of carbonyl (C=O) groups excluding carboxylic acids is 1. The molecule has 2 heterocycles. The molecule has 2 aromatic heterocycles. The molecule has 0 aliphatic rings. The van der Waals surface area contributed by atoms with Crippen molar-refractivity contribution in [1.82, 2.24) is 14.6 Å². The summed E-state index contributed by atoms with van der Waals surface area (Å²) in [5.41, 5.74) is 0.361. The van der Waals surface area contributed by atoms with Crippen LogP contribution in [0.4, 0.5) is 5.82 Å². The van der Waals surface area contributed by atoms with Gasteiger partial charge in [-0.2, -0.15) is 9.61 Å². The molecular weight excluding hydrogens is 212 g/mol. The van der Waals surface area contributed by atoms with Crippen LogP contribution in [0.2, 0.25) is 0 Å². The molecule has 7 nitrogen and oxygen atoms in total. The molecule has 0 radical (unpaired) electrons. The molecule has 2 aromatic rings. The molecule has 0 atom stereocenters. The van der Waals surface area contributed by atoms with Crippen LogP contribution in [0.25, 0.3) is 5.65 Å². The monoisotopic (exact) mass is 220 g/mol. The van der Waals surface area contributed by atoms with Gasteiger partial charge in [-0.05, 0) is 0 Å². The Morgan fingerprint density at radius 2 is 2.25 bits per heavy atom. The molecule has 0 bridgehead atoms. The number of aromatic carboxylic acids is 1. The molecular formula is C9H8N4O3. The first-order valence-electron chi connectivity index (χ1n) is 4.43. The zero-order chi connectivity index (χ0) is 11.7. The maximum Gasteiger partial charge on any atom is 0.341 e. The minimum atomic E-state index is -1.17. The normalized spacial score (nSPS) is 10.3. The van der Waals surface area contributed by atoms with Crippen molar-refractivity contribution in [2.45, 2.75) is 6.92 Å². The summed E-state index contributed by atoms with van der Waals surface area (Å²) in [5, 5.41) is 15.3. The van der Waals surface area contributed by atoms with Gasteiger partial charge in [-0.25, -0.2) is 9.78 Å². The van der Waals surface area contributed by atoms with Gasteiger partial charge in [-0.1, -0.05) is 0 Å². The summed E-state index contributed by atoms with van der Waals surface area (Å²) in [5.74, 6) is -1.44. The van der Waals surface area contributed by atoms with Gasteiger partial charge in [-0.15, -0.1) is 0 Å². The van der Waals surface area contributed by atoms with Gasteiger partial charge in [0.05, 0.1) is 6.20 Å². The average Bonchev–Trinajstić information content (AvgIpc) is 2.64. The summed E-state index contributed by atoms with van der Waals surface area (Å²) in [4.78, 5) is 25.8. The average molecular weight is 220 g/mol. The molecule has 0 fully saturated rings. The fourth-order valence-electron chi connectivity index (χ4n) is 1.32. The van der Waals surface area contributed by atoms with E-state index in [0.717, 1.165) is 0 Å². The SMILES string of the molecule is CC(=O)Nc1c(C(=O)O)cnc2ccnn12. The van der Waals surface area contributed by atoms with Crippen LogP contribution >= 0.6 is 0 Å². The van der Waals surface area contributed by atoms with Crippen molar-refractivity contribution in [2.24, 2.45) is 0 Å². The quantitative estimate of drug-likeness (QED) is 0.762. The highest BCUT2D eigenvalue weighted by Crippen LogP contribution is 2.15. The van der Waals surface area contributed by atoms with Gasteiger partial charge < -0.3 is 10.4 Å². The fourth-order valence-corrected chi connectivity index (χ4v) is 1.32. The summed E-state index contributed by atoms with van der Waals surface area (Å²) >= 11 is 0. The van der Waals surface area contributed by atoms with E-state index >= 15 is 0 Å². The molecule has 2 N–H and O–H groups in total. The van der Waals surface area contributed by atoms with Crippen LogP contribution in [0.1, 0.15) is 17.3 Å². The summed E-state index contributed by atoms with van der Waals surface area (Å²) in [6, 6.07) is 1.61. The van der Waals surface area contributed by atoms with Crippen LogP contribution in [0.15, 0.2) is 18.5 Å². The Morgan fingerprint density at radius 3 is 2.88 bits per heavy atom. The molecule has 7 heteroatoms. The van der Waals surface area contributed by atoms with Crippen LogP contribution in [-0.4, -0.2) is 31.6 Å². The lowest BCUT2D eigenvalue weighted by atomic mass is 10.3. The molecule has 16 heavy (non-hydrogen) atoms. The zero-order valence-corrected chi connectivity index (χ0v) is 8.34. The van der Waals surface area contributed by atoms with Crippen LogP contribution in [-0.2, 0) is 4.79 Å². The topological polar surface area (TPSA) is 96.6 Å². The Morgan fingerprint density at radius 1 is 1.50 bits per heavy atom. The van der Waals surface area contributed by atoms with Gasteiger partial charge in [0, 0.05) is 19.2 Å². The maximum absolute atomic E-state index is 11.0. The summed E-state index contributed by atoms with van der Waals surface area (Å²) < 4.78 is 1.27. The van der Waals surface area contributed by atoms with Crippen LogP contribution in [0, 0.1) is 0 Å². The Kier molecular flexibility index (Phi) is 2.28. The third-order valence-electron chi connectivity index (χ3n) is 1.94. The van der Waals surface area contributed by atoms with Gasteiger partial charge in [0.25, 0.3) is 0 Å². The van der Waals surface area contributed by atoms with E-state index in [1.807, 2.05) is 0 Å². The number of carboxylic acids is 1. The fraction of sp³-hybridized carbons (Fsp3) is 0.111. The molecule has 0 aromatic carbocycles. The van der Waals surface area contributed by atoms with E-state index < -0.39 is 5.97 Å². The van der Waals surface area contributed by atoms with Crippen molar-refractivity contribution >= 4 is 23.3 Å². The first-order valence-corrected chi connectivity index (χ1v) is 4.43. The van der Waals surface area contributed by atoms with Gasteiger partial charge >= 0.3 is 5.97 Å². The lowest BCUT2D eigenvalue weighted by Gasteiger charge is -2.07. The number of hydrogen-bond acceptors (Lipinski definition) is 4. The van der Waals surface area contributed by atoms with Gasteiger partial charge in [0.1, 0.15) is 5.56 Å². The molecule has 0 spiro atoms. The molecule has 0 aliphatic heterocycles. The van der Waals surface area contributed by atoms with E-state index in [9.17, 15) is 9.59 Å². The predicted molar refractivity (Wildman–Crippen MR) is 54.3 cm³/mol. The number of rotatable bonds is 2. The van der Waals surface area contributed by atoms with Crippen molar-refractivity contribution in [2.75, 3.05) is 5.32 Å². The lowest BCUT2D eigenvalue weighted by molar-refractivity contribution is -0.114. The number of nitrogens with one attached hydrogen (secondary N) is 1. The number of nitrogens with zero attached hydrogens (tertiary/aromatic N) is 3. The molecule has 1 amide bonds. The number of anilines is 1. The van der Waals surface area contributed by atoms with Crippen LogP contribution in [0.5, 0.6) is 0 Å². The van der Waals surface area contributed by atoms with E-state index in [-0.39, 0.29) is 17.3 Å². The minimum Gasteiger partial charge on any atom is -0.477 e.